The Hall–Kier alpha value is -2.21. The Morgan fingerprint density at radius 1 is 1.14 bits per heavy atom. The zero-order valence-electron chi connectivity index (χ0n) is 16.8. The number of hydrogen-bond acceptors (Lipinski definition) is 4. The number of pyridine rings is 2. The fourth-order valence-corrected chi connectivity index (χ4v) is 4.15. The largest absolute Gasteiger partial charge is 0.310 e. The Bertz CT molecular complexity index is 1040. The van der Waals surface area contributed by atoms with E-state index in [1.807, 2.05) is 29.7 Å². The highest BCUT2D eigenvalue weighted by Gasteiger charge is 2.19. The molecule has 0 spiro atoms. The summed E-state index contributed by atoms with van der Waals surface area (Å²) in [6.45, 7) is 6.61. The van der Waals surface area contributed by atoms with Gasteiger partial charge in [0.25, 0.3) is 5.56 Å². The minimum atomic E-state index is 0.0420. The molecule has 6 heteroatoms. The number of aromatic nitrogens is 2. The summed E-state index contributed by atoms with van der Waals surface area (Å²) in [6, 6.07) is 14.0. The van der Waals surface area contributed by atoms with Crippen LogP contribution in [0, 0.1) is 6.92 Å². The molecule has 0 bridgehead atoms. The van der Waals surface area contributed by atoms with Crippen molar-refractivity contribution in [3.05, 3.63) is 75.2 Å². The van der Waals surface area contributed by atoms with Crippen molar-refractivity contribution in [2.75, 3.05) is 19.6 Å². The standard InChI is InChI=1S/C23H27ClN4O/c1-17-15-18(4-5-20(17)24)16-26-19-8-11-27(12-9-19)13-14-28-22-3-2-10-25-21(22)6-7-23(28)29/h2-7,10,15,19,26H,8-9,11-14,16H2,1H3. The molecule has 0 radical (unpaired) electrons. The molecule has 3 heterocycles. The summed E-state index contributed by atoms with van der Waals surface area (Å²) >= 11 is 6.11. The van der Waals surface area contributed by atoms with E-state index in [0.717, 1.165) is 60.6 Å². The van der Waals surface area contributed by atoms with Crippen LogP contribution in [0.15, 0.2) is 53.5 Å². The quantitative estimate of drug-likeness (QED) is 0.674. The average Bonchev–Trinajstić information content (AvgIpc) is 2.75. The molecule has 1 aliphatic heterocycles. The lowest BCUT2D eigenvalue weighted by Gasteiger charge is -2.32. The van der Waals surface area contributed by atoms with Crippen molar-refractivity contribution in [3.63, 3.8) is 0 Å². The zero-order chi connectivity index (χ0) is 20.2. The number of rotatable bonds is 6. The molecule has 0 amide bonds. The van der Waals surface area contributed by atoms with Crippen LogP contribution in [-0.2, 0) is 13.1 Å². The highest BCUT2D eigenvalue weighted by Crippen LogP contribution is 2.17. The first-order valence-electron chi connectivity index (χ1n) is 10.3. The zero-order valence-corrected chi connectivity index (χ0v) is 17.5. The van der Waals surface area contributed by atoms with E-state index in [1.165, 1.54) is 5.56 Å². The average molecular weight is 411 g/mol. The molecule has 0 saturated carbocycles. The number of fused-ring (bicyclic) bond motifs is 1. The van der Waals surface area contributed by atoms with E-state index < -0.39 is 0 Å². The van der Waals surface area contributed by atoms with Gasteiger partial charge in [0.15, 0.2) is 0 Å². The van der Waals surface area contributed by atoms with Crippen molar-refractivity contribution >= 4 is 22.6 Å². The van der Waals surface area contributed by atoms with Gasteiger partial charge in [0.2, 0.25) is 0 Å². The van der Waals surface area contributed by atoms with Gasteiger partial charge in [-0.15, -0.1) is 0 Å². The summed E-state index contributed by atoms with van der Waals surface area (Å²) in [7, 11) is 0. The van der Waals surface area contributed by atoms with Crippen LogP contribution < -0.4 is 10.9 Å². The molecule has 0 atom stereocenters. The molecule has 1 aliphatic rings. The topological polar surface area (TPSA) is 50.2 Å². The fourth-order valence-electron chi connectivity index (χ4n) is 4.04. The van der Waals surface area contributed by atoms with Crippen molar-refractivity contribution in [3.8, 4) is 0 Å². The number of piperidine rings is 1. The lowest BCUT2D eigenvalue weighted by atomic mass is 10.0. The summed E-state index contributed by atoms with van der Waals surface area (Å²) in [6.07, 6.45) is 4.01. The van der Waals surface area contributed by atoms with E-state index in [4.69, 9.17) is 11.6 Å². The molecule has 152 valence electrons. The SMILES string of the molecule is Cc1cc(CNC2CCN(CCn3c(=O)ccc4ncccc43)CC2)ccc1Cl. The number of nitrogens with one attached hydrogen (secondary N) is 1. The summed E-state index contributed by atoms with van der Waals surface area (Å²) in [5.41, 5.74) is 4.22. The monoisotopic (exact) mass is 410 g/mol. The van der Waals surface area contributed by atoms with E-state index >= 15 is 0 Å². The van der Waals surface area contributed by atoms with Gasteiger partial charge in [-0.2, -0.15) is 0 Å². The second kappa shape index (κ2) is 9.08. The molecule has 1 N–H and O–H groups in total. The van der Waals surface area contributed by atoms with Crippen molar-refractivity contribution in [1.29, 1.82) is 0 Å². The van der Waals surface area contributed by atoms with Crippen LogP contribution in [-0.4, -0.2) is 40.1 Å². The van der Waals surface area contributed by atoms with Gasteiger partial charge >= 0.3 is 0 Å². The van der Waals surface area contributed by atoms with E-state index in [1.54, 1.807) is 18.3 Å². The molecule has 2 aromatic heterocycles. The maximum Gasteiger partial charge on any atom is 0.251 e. The molecule has 4 rings (SSSR count). The molecule has 3 aromatic rings. The number of likely N-dealkylation sites (tertiary alicyclic amines) is 1. The number of halogens is 1. The maximum absolute atomic E-state index is 12.3. The van der Waals surface area contributed by atoms with Crippen LogP contribution in [0.1, 0.15) is 24.0 Å². The first kappa shape index (κ1) is 20.1. The van der Waals surface area contributed by atoms with E-state index in [9.17, 15) is 4.79 Å². The Morgan fingerprint density at radius 3 is 2.76 bits per heavy atom. The Labute approximate surface area is 176 Å². The molecule has 1 aromatic carbocycles. The van der Waals surface area contributed by atoms with Gasteiger partial charge in [-0.25, -0.2) is 0 Å². The van der Waals surface area contributed by atoms with Crippen molar-refractivity contribution in [2.45, 2.75) is 38.9 Å². The molecule has 29 heavy (non-hydrogen) atoms. The van der Waals surface area contributed by atoms with Gasteiger partial charge in [-0.1, -0.05) is 23.7 Å². The van der Waals surface area contributed by atoms with E-state index in [-0.39, 0.29) is 5.56 Å². The number of aryl methyl sites for hydroxylation is 1. The summed E-state index contributed by atoms with van der Waals surface area (Å²) in [5.74, 6) is 0. The van der Waals surface area contributed by atoms with Crippen molar-refractivity contribution < 1.29 is 0 Å². The summed E-state index contributed by atoms with van der Waals surface area (Å²) in [4.78, 5) is 19.1. The molecular weight excluding hydrogens is 384 g/mol. The van der Waals surface area contributed by atoms with Gasteiger partial charge in [0.05, 0.1) is 11.0 Å². The highest BCUT2D eigenvalue weighted by molar-refractivity contribution is 6.31. The second-order valence-electron chi connectivity index (χ2n) is 7.81. The van der Waals surface area contributed by atoms with Crippen molar-refractivity contribution in [2.24, 2.45) is 0 Å². The predicted octanol–water partition coefficient (Wildman–Crippen LogP) is 3.61. The van der Waals surface area contributed by atoms with Crippen LogP contribution >= 0.6 is 11.6 Å². The number of nitrogens with zero attached hydrogens (tertiary/aromatic N) is 3. The minimum Gasteiger partial charge on any atom is -0.310 e. The molecular formula is C23H27ClN4O. The van der Waals surface area contributed by atoms with Gasteiger partial charge in [-0.05, 0) is 68.2 Å². The molecule has 1 fully saturated rings. The Morgan fingerprint density at radius 2 is 1.97 bits per heavy atom. The van der Waals surface area contributed by atoms with Gasteiger partial charge in [0.1, 0.15) is 0 Å². The van der Waals surface area contributed by atoms with E-state index in [0.29, 0.717) is 12.6 Å². The van der Waals surface area contributed by atoms with Gasteiger partial charge in [0, 0.05) is 43.0 Å². The molecule has 0 aliphatic carbocycles. The summed E-state index contributed by atoms with van der Waals surface area (Å²) < 4.78 is 1.84. The van der Waals surface area contributed by atoms with Crippen LogP contribution in [0.3, 0.4) is 0 Å². The van der Waals surface area contributed by atoms with Crippen LogP contribution in [0.25, 0.3) is 11.0 Å². The van der Waals surface area contributed by atoms with Crippen LogP contribution in [0.4, 0.5) is 0 Å². The first-order chi connectivity index (χ1) is 14.1. The summed E-state index contributed by atoms with van der Waals surface area (Å²) in [5, 5.41) is 4.50. The lowest BCUT2D eigenvalue weighted by Crippen LogP contribution is -2.43. The van der Waals surface area contributed by atoms with Crippen LogP contribution in [0.2, 0.25) is 5.02 Å². The molecule has 5 nitrogen and oxygen atoms in total. The first-order valence-corrected chi connectivity index (χ1v) is 10.6. The van der Waals surface area contributed by atoms with Crippen LogP contribution in [0.5, 0.6) is 0 Å². The predicted molar refractivity (Wildman–Crippen MR) is 118 cm³/mol. The minimum absolute atomic E-state index is 0.0420. The second-order valence-corrected chi connectivity index (χ2v) is 8.22. The van der Waals surface area contributed by atoms with E-state index in [2.05, 4.69) is 27.3 Å². The molecule has 1 saturated heterocycles. The number of hydrogen-bond donors (Lipinski definition) is 1. The maximum atomic E-state index is 12.3. The fraction of sp³-hybridized carbons (Fsp3) is 0.391. The Kier molecular flexibility index (Phi) is 6.28. The third kappa shape index (κ3) is 4.86. The van der Waals surface area contributed by atoms with Crippen molar-refractivity contribution in [1.82, 2.24) is 19.8 Å². The van der Waals surface area contributed by atoms with Gasteiger partial charge in [-0.3, -0.25) is 9.78 Å². The van der Waals surface area contributed by atoms with Gasteiger partial charge < -0.3 is 14.8 Å². The molecule has 0 unspecified atom stereocenters. The normalized spacial score (nSPS) is 15.8. The number of benzene rings is 1. The third-order valence-electron chi connectivity index (χ3n) is 5.80. The third-order valence-corrected chi connectivity index (χ3v) is 6.23. The highest BCUT2D eigenvalue weighted by atomic mass is 35.5. The Balaban J connectivity index is 1.28. The lowest BCUT2D eigenvalue weighted by molar-refractivity contribution is 0.191. The smallest absolute Gasteiger partial charge is 0.251 e.